The maximum Gasteiger partial charge on any atom is 0.225 e. The van der Waals surface area contributed by atoms with Gasteiger partial charge in [-0.05, 0) is 12.1 Å². The minimum Gasteiger partial charge on any atom is -0.324 e. The fourth-order valence-corrected chi connectivity index (χ4v) is 3.14. The van der Waals surface area contributed by atoms with Crippen molar-refractivity contribution < 1.29 is 9.18 Å². The molecule has 0 spiro atoms. The van der Waals surface area contributed by atoms with Gasteiger partial charge in [0.25, 0.3) is 0 Å². The van der Waals surface area contributed by atoms with Gasteiger partial charge in [0.05, 0.1) is 5.69 Å². The van der Waals surface area contributed by atoms with Crippen molar-refractivity contribution in [3.8, 4) is 11.4 Å². The molecule has 128 valence electrons. The molecular formula is C18H17FN4OS. The van der Waals surface area contributed by atoms with Gasteiger partial charge in [0.2, 0.25) is 5.91 Å². The summed E-state index contributed by atoms with van der Waals surface area (Å²) in [6, 6.07) is 15.9. The number of halogens is 1. The molecule has 3 aromatic rings. The quantitative estimate of drug-likeness (QED) is 0.684. The van der Waals surface area contributed by atoms with E-state index < -0.39 is 5.82 Å². The van der Waals surface area contributed by atoms with Crippen molar-refractivity contribution in [2.75, 3.05) is 11.1 Å². The average molecular weight is 356 g/mol. The Kier molecular flexibility index (Phi) is 5.45. The second kappa shape index (κ2) is 7.94. The molecule has 0 aliphatic heterocycles. The van der Waals surface area contributed by atoms with Crippen molar-refractivity contribution in [1.82, 2.24) is 14.8 Å². The number of anilines is 1. The SMILES string of the molecule is Cn1c(SCCC(=O)Nc2ccccc2F)nnc1-c1ccccc1. The lowest BCUT2D eigenvalue weighted by molar-refractivity contribution is -0.115. The number of carbonyl (C=O) groups is 1. The lowest BCUT2D eigenvalue weighted by atomic mass is 10.2. The third-order valence-electron chi connectivity index (χ3n) is 3.58. The molecule has 5 nitrogen and oxygen atoms in total. The Morgan fingerprint density at radius 1 is 1.12 bits per heavy atom. The van der Waals surface area contributed by atoms with E-state index in [9.17, 15) is 9.18 Å². The van der Waals surface area contributed by atoms with Gasteiger partial charge in [0.1, 0.15) is 5.82 Å². The maximum atomic E-state index is 13.5. The average Bonchev–Trinajstić information content (AvgIpc) is 2.99. The van der Waals surface area contributed by atoms with E-state index in [1.54, 1.807) is 12.1 Å². The molecule has 0 saturated carbocycles. The highest BCUT2D eigenvalue weighted by Crippen LogP contribution is 2.23. The summed E-state index contributed by atoms with van der Waals surface area (Å²) >= 11 is 1.44. The fraction of sp³-hybridized carbons (Fsp3) is 0.167. The minimum atomic E-state index is -0.440. The first-order chi connectivity index (χ1) is 12.1. The molecule has 1 heterocycles. The van der Waals surface area contributed by atoms with Crippen molar-refractivity contribution in [1.29, 1.82) is 0 Å². The molecule has 0 fully saturated rings. The van der Waals surface area contributed by atoms with Crippen LogP contribution in [-0.2, 0) is 11.8 Å². The number of amides is 1. The van der Waals surface area contributed by atoms with Gasteiger partial charge in [0.15, 0.2) is 11.0 Å². The molecule has 0 aliphatic rings. The van der Waals surface area contributed by atoms with Crippen molar-refractivity contribution in [2.24, 2.45) is 7.05 Å². The number of rotatable bonds is 6. The molecule has 7 heteroatoms. The molecule has 1 amide bonds. The zero-order valence-electron chi connectivity index (χ0n) is 13.6. The number of carbonyl (C=O) groups excluding carboxylic acids is 1. The molecule has 0 radical (unpaired) electrons. The van der Waals surface area contributed by atoms with Gasteiger partial charge in [0, 0.05) is 24.8 Å². The number of aromatic nitrogens is 3. The van der Waals surface area contributed by atoms with E-state index in [-0.39, 0.29) is 18.0 Å². The number of para-hydroxylation sites is 1. The summed E-state index contributed by atoms with van der Waals surface area (Å²) in [6.07, 6.45) is 0.256. The van der Waals surface area contributed by atoms with Crippen LogP contribution in [0.1, 0.15) is 6.42 Å². The van der Waals surface area contributed by atoms with Crippen molar-refractivity contribution in [3.63, 3.8) is 0 Å². The molecule has 0 saturated heterocycles. The number of nitrogens with zero attached hydrogens (tertiary/aromatic N) is 3. The zero-order valence-corrected chi connectivity index (χ0v) is 14.5. The first-order valence-corrected chi connectivity index (χ1v) is 8.75. The minimum absolute atomic E-state index is 0.197. The Bertz CT molecular complexity index is 867. The van der Waals surface area contributed by atoms with Crippen LogP contribution in [0, 0.1) is 5.82 Å². The van der Waals surface area contributed by atoms with Crippen LogP contribution < -0.4 is 5.32 Å². The number of benzene rings is 2. The molecule has 0 atom stereocenters. The van der Waals surface area contributed by atoms with Gasteiger partial charge in [-0.25, -0.2) is 4.39 Å². The zero-order chi connectivity index (χ0) is 17.6. The van der Waals surface area contributed by atoms with E-state index in [0.717, 1.165) is 16.5 Å². The predicted octanol–water partition coefficient (Wildman–Crippen LogP) is 3.74. The number of hydrogen-bond donors (Lipinski definition) is 1. The van der Waals surface area contributed by atoms with Crippen LogP contribution in [0.4, 0.5) is 10.1 Å². The topological polar surface area (TPSA) is 59.8 Å². The molecular weight excluding hydrogens is 339 g/mol. The van der Waals surface area contributed by atoms with Gasteiger partial charge in [-0.15, -0.1) is 10.2 Å². The lowest BCUT2D eigenvalue weighted by Crippen LogP contribution is -2.13. The normalized spacial score (nSPS) is 10.6. The molecule has 0 aliphatic carbocycles. The van der Waals surface area contributed by atoms with Crippen LogP contribution in [-0.4, -0.2) is 26.4 Å². The predicted molar refractivity (Wildman–Crippen MR) is 96.8 cm³/mol. The first kappa shape index (κ1) is 17.2. The number of hydrogen-bond acceptors (Lipinski definition) is 4. The molecule has 25 heavy (non-hydrogen) atoms. The fourth-order valence-electron chi connectivity index (χ4n) is 2.29. The highest BCUT2D eigenvalue weighted by atomic mass is 32.2. The van der Waals surface area contributed by atoms with E-state index in [0.29, 0.717) is 5.75 Å². The first-order valence-electron chi connectivity index (χ1n) is 7.77. The number of thioether (sulfide) groups is 1. The largest absolute Gasteiger partial charge is 0.324 e. The third-order valence-corrected chi connectivity index (χ3v) is 4.60. The van der Waals surface area contributed by atoms with Gasteiger partial charge >= 0.3 is 0 Å². The maximum absolute atomic E-state index is 13.5. The van der Waals surface area contributed by atoms with Crippen LogP contribution in [0.25, 0.3) is 11.4 Å². The molecule has 0 bridgehead atoms. The Balaban J connectivity index is 1.55. The molecule has 1 N–H and O–H groups in total. The van der Waals surface area contributed by atoms with Crippen LogP contribution in [0.3, 0.4) is 0 Å². The third kappa shape index (κ3) is 4.24. The van der Waals surface area contributed by atoms with Crippen LogP contribution in [0.15, 0.2) is 59.8 Å². The van der Waals surface area contributed by atoms with E-state index >= 15 is 0 Å². The van der Waals surface area contributed by atoms with Crippen molar-refractivity contribution in [2.45, 2.75) is 11.6 Å². The molecule has 0 unspecified atom stereocenters. The Labute approximate surface area is 149 Å². The second-order valence-corrected chi connectivity index (χ2v) is 6.42. The molecule has 1 aromatic heterocycles. The van der Waals surface area contributed by atoms with Crippen LogP contribution >= 0.6 is 11.8 Å². The summed E-state index contributed by atoms with van der Waals surface area (Å²) in [4.78, 5) is 11.9. The Morgan fingerprint density at radius 3 is 2.60 bits per heavy atom. The van der Waals surface area contributed by atoms with E-state index in [1.807, 2.05) is 41.9 Å². The highest BCUT2D eigenvalue weighted by molar-refractivity contribution is 7.99. The monoisotopic (exact) mass is 356 g/mol. The lowest BCUT2D eigenvalue weighted by Gasteiger charge is -2.06. The molecule has 3 rings (SSSR count). The Morgan fingerprint density at radius 2 is 1.84 bits per heavy atom. The smallest absolute Gasteiger partial charge is 0.225 e. The van der Waals surface area contributed by atoms with Crippen molar-refractivity contribution >= 4 is 23.4 Å². The summed E-state index contributed by atoms with van der Waals surface area (Å²) in [7, 11) is 1.89. The van der Waals surface area contributed by atoms with Gasteiger partial charge in [-0.2, -0.15) is 0 Å². The summed E-state index contributed by atoms with van der Waals surface area (Å²) < 4.78 is 15.4. The summed E-state index contributed by atoms with van der Waals surface area (Å²) in [6.45, 7) is 0. The molecule has 2 aromatic carbocycles. The summed E-state index contributed by atoms with van der Waals surface area (Å²) in [5.74, 6) is 0.632. The summed E-state index contributed by atoms with van der Waals surface area (Å²) in [5.41, 5.74) is 1.18. The van der Waals surface area contributed by atoms with Crippen LogP contribution in [0.5, 0.6) is 0 Å². The Hall–Kier alpha value is -2.67. The van der Waals surface area contributed by atoms with Crippen molar-refractivity contribution in [3.05, 3.63) is 60.4 Å². The standard InChI is InChI=1S/C18H17FN4OS/c1-23-17(13-7-3-2-4-8-13)21-22-18(23)25-12-11-16(24)20-15-10-6-5-9-14(15)19/h2-10H,11-12H2,1H3,(H,20,24). The second-order valence-electron chi connectivity index (χ2n) is 5.36. The van der Waals surface area contributed by atoms with Crippen LogP contribution in [0.2, 0.25) is 0 Å². The van der Waals surface area contributed by atoms with Gasteiger partial charge in [-0.1, -0.05) is 54.2 Å². The van der Waals surface area contributed by atoms with E-state index in [1.165, 1.54) is 23.9 Å². The van der Waals surface area contributed by atoms with E-state index in [2.05, 4.69) is 15.5 Å². The van der Waals surface area contributed by atoms with Gasteiger partial charge < -0.3 is 9.88 Å². The van der Waals surface area contributed by atoms with Gasteiger partial charge in [-0.3, -0.25) is 4.79 Å². The summed E-state index contributed by atoms with van der Waals surface area (Å²) in [5, 5.41) is 11.7. The number of nitrogens with one attached hydrogen (secondary N) is 1. The van der Waals surface area contributed by atoms with E-state index in [4.69, 9.17) is 0 Å². The highest BCUT2D eigenvalue weighted by Gasteiger charge is 2.12.